The lowest BCUT2D eigenvalue weighted by Crippen LogP contribution is -2.38. The molecule has 9 heavy (non-hydrogen) atoms. The molecule has 0 fully saturated rings. The van der Waals surface area contributed by atoms with Crippen molar-refractivity contribution in [2.24, 2.45) is 0 Å². The molecule has 3 nitrogen and oxygen atoms in total. The van der Waals surface area contributed by atoms with Crippen LogP contribution in [0.25, 0.3) is 1.43 Å². The second-order valence-corrected chi connectivity index (χ2v) is 2.36. The third-order valence-corrected chi connectivity index (χ3v) is 0.937. The minimum Gasteiger partial charge on any atom is -0.480 e. The number of hydrogen-bond donors (Lipinski definition) is 2. The number of aliphatic carboxylic acids is 1. The Kier molecular flexibility index (Phi) is 2.51. The lowest BCUT2D eigenvalue weighted by atomic mass is 10.3. The van der Waals surface area contributed by atoms with Crippen molar-refractivity contribution in [2.45, 2.75) is 32.9 Å². The molecule has 0 heterocycles. The molecule has 2 N–H and O–H groups in total. The van der Waals surface area contributed by atoms with Crippen LogP contribution in [-0.4, -0.2) is 23.2 Å². The maximum absolute atomic E-state index is 10.6. The molecule has 0 aromatic rings. The number of rotatable bonds is 3. The third-order valence-electron chi connectivity index (χ3n) is 0.937. The standard InChI is InChI=1S/C6H13NO2/c1-4(2)7-5(3)6(8)9/h4-5,7H,1-3H3,(H,8,9)/i/hT. The first-order valence-corrected chi connectivity index (χ1v) is 3.01. The molecule has 0 bridgehead atoms. The summed E-state index contributed by atoms with van der Waals surface area (Å²) in [4.78, 5) is 10.6. The van der Waals surface area contributed by atoms with Gasteiger partial charge in [-0.05, 0) is 6.92 Å². The van der Waals surface area contributed by atoms with Gasteiger partial charge in [0.1, 0.15) is 6.04 Å². The smallest absolute Gasteiger partial charge is 0.320 e. The zero-order valence-corrected chi connectivity index (χ0v) is 5.97. The normalized spacial score (nSPS) is 14.9. The van der Waals surface area contributed by atoms with Crippen LogP contribution in [0, 0.1) is 0 Å². The summed E-state index contributed by atoms with van der Waals surface area (Å²) < 4.78 is 6.29. The van der Waals surface area contributed by atoms with Crippen molar-refractivity contribution in [2.75, 3.05) is 0 Å². The van der Waals surface area contributed by atoms with Gasteiger partial charge >= 0.3 is 5.97 Å². The van der Waals surface area contributed by atoms with Gasteiger partial charge in [-0.2, -0.15) is 0 Å². The maximum atomic E-state index is 10.6. The first-order chi connectivity index (χ1) is 4.57. The van der Waals surface area contributed by atoms with Crippen molar-refractivity contribution in [3.63, 3.8) is 0 Å². The van der Waals surface area contributed by atoms with Gasteiger partial charge in [0.05, 0.1) is 0 Å². The third kappa shape index (κ3) is 3.97. The average Bonchev–Trinajstić information content (AvgIpc) is 1.85. The van der Waals surface area contributed by atoms with E-state index in [2.05, 4.69) is 10.4 Å². The van der Waals surface area contributed by atoms with Crippen LogP contribution >= 0.6 is 0 Å². The Bertz CT molecular complexity index is 116. The highest BCUT2D eigenvalue weighted by Crippen LogP contribution is 1.84. The van der Waals surface area contributed by atoms with Crippen LogP contribution < -0.4 is 5.32 Å². The second-order valence-electron chi connectivity index (χ2n) is 2.36. The molecule has 0 aliphatic rings. The first-order valence-electron chi connectivity index (χ1n) is 3.41. The van der Waals surface area contributed by atoms with Gasteiger partial charge in [-0.3, -0.25) is 4.79 Å². The number of nitrogens with one attached hydrogen (secondary N) is 1. The molecule has 1 atom stereocenters. The number of hydrogen-bond acceptors (Lipinski definition) is 3. The highest BCUT2D eigenvalue weighted by atomic mass is 16.4. The van der Waals surface area contributed by atoms with Crippen LogP contribution in [0.2, 0.25) is 0 Å². The largest absolute Gasteiger partial charge is 0.480 e. The summed E-state index contributed by atoms with van der Waals surface area (Å²) in [5.41, 5.74) is 0. The van der Waals surface area contributed by atoms with E-state index in [-0.39, 0.29) is 6.04 Å². The van der Waals surface area contributed by atoms with Gasteiger partial charge in [0, 0.05) is 6.04 Å². The molecule has 0 aromatic carbocycles. The Labute approximate surface area is 56.6 Å². The number of carboxylic acids is 1. The Morgan fingerprint density at radius 3 is 2.56 bits per heavy atom. The fourth-order valence-corrected chi connectivity index (χ4v) is 0.568. The monoisotopic (exact) mass is 133 g/mol. The van der Waals surface area contributed by atoms with E-state index in [0.29, 0.717) is 0 Å². The molecule has 0 radical (unpaired) electrons. The second kappa shape index (κ2) is 3.45. The Morgan fingerprint density at radius 1 is 1.67 bits per heavy atom. The summed E-state index contributed by atoms with van der Waals surface area (Å²) >= 11 is 0. The van der Waals surface area contributed by atoms with E-state index in [1.165, 1.54) is 0 Å². The average molecular weight is 133 g/mol. The van der Waals surface area contributed by atoms with Gasteiger partial charge in [0.15, 0.2) is 0 Å². The quantitative estimate of drug-likeness (QED) is 0.588. The summed E-state index contributed by atoms with van der Waals surface area (Å²) in [7, 11) is 0. The van der Waals surface area contributed by atoms with Crippen LogP contribution in [0.4, 0.5) is 0 Å². The molecule has 3 heteroatoms. The van der Waals surface area contributed by atoms with Crippen LogP contribution in [0.15, 0.2) is 0 Å². The molecule has 0 aliphatic carbocycles. The molecule has 0 aliphatic heterocycles. The van der Waals surface area contributed by atoms with Gasteiger partial charge in [-0.25, -0.2) is 0 Å². The molecular formula is C6H13NO2. The van der Waals surface area contributed by atoms with Crippen molar-refractivity contribution in [1.82, 2.24) is 5.32 Å². The van der Waals surface area contributed by atoms with E-state index < -0.39 is 12.0 Å². The maximum Gasteiger partial charge on any atom is 0.320 e. The first kappa shape index (κ1) is 6.55. The molecule has 0 aromatic heterocycles. The van der Waals surface area contributed by atoms with Crippen LogP contribution in [0.3, 0.4) is 0 Å². The van der Waals surface area contributed by atoms with Gasteiger partial charge < -0.3 is 10.4 Å². The predicted molar refractivity (Wildman–Crippen MR) is 35.4 cm³/mol. The summed E-state index contributed by atoms with van der Waals surface area (Å²) in [6.45, 7) is 5.51. The molecule has 0 amide bonds. The van der Waals surface area contributed by atoms with Gasteiger partial charge in [0.25, 0.3) is 1.43 Å². The topological polar surface area (TPSA) is 49.3 Å². The fraction of sp³-hybridized carbons (Fsp3) is 0.833. The molecule has 0 saturated carbocycles. The molecule has 1 unspecified atom stereocenters. The Hall–Kier alpha value is -0.570. The summed E-state index contributed by atoms with van der Waals surface area (Å²) in [6, 6.07) is -0.161. The van der Waals surface area contributed by atoms with Gasteiger partial charge in [0.2, 0.25) is 0 Å². The lowest BCUT2D eigenvalue weighted by molar-refractivity contribution is -0.139. The molecule has 0 saturated heterocycles. The number of carboxylic acid groups (broad SMARTS) is 1. The van der Waals surface area contributed by atoms with Crippen molar-refractivity contribution >= 4 is 5.97 Å². The van der Waals surface area contributed by atoms with E-state index in [9.17, 15) is 4.79 Å². The van der Waals surface area contributed by atoms with Crippen molar-refractivity contribution < 1.29 is 9.90 Å². The minimum absolute atomic E-state index is 0.231. The van der Waals surface area contributed by atoms with Crippen LogP contribution in [0.1, 0.15) is 20.8 Å². The number of carbonyl (C=O) groups is 1. The van der Waals surface area contributed by atoms with E-state index in [1.54, 1.807) is 6.92 Å². The van der Waals surface area contributed by atoms with Crippen molar-refractivity contribution in [1.29, 1.82) is 1.43 Å². The zero-order chi connectivity index (χ0) is 8.15. The lowest BCUT2D eigenvalue weighted by Gasteiger charge is -2.11. The zero-order valence-electron chi connectivity index (χ0n) is 6.97. The van der Waals surface area contributed by atoms with E-state index in [4.69, 9.17) is 1.43 Å². The summed E-state index contributed by atoms with van der Waals surface area (Å²) in [5.74, 6) is -0.547. The molecule has 0 rings (SSSR count). The highest BCUT2D eigenvalue weighted by molar-refractivity contribution is 5.72. The fourth-order valence-electron chi connectivity index (χ4n) is 0.568. The van der Waals surface area contributed by atoms with Crippen LogP contribution in [-0.2, 0) is 4.79 Å². The SMILES string of the molecule is [3H]OC(=O)C(C)NC(C)C. The predicted octanol–water partition coefficient (Wildman–Crippen LogP) is 0.457. The molecular weight excluding hydrogens is 118 g/mol. The molecule has 54 valence electrons. The van der Waals surface area contributed by atoms with E-state index in [0.717, 1.165) is 0 Å². The van der Waals surface area contributed by atoms with Crippen LogP contribution in [0.5, 0.6) is 0 Å². The Morgan fingerprint density at radius 2 is 2.22 bits per heavy atom. The summed E-state index contributed by atoms with van der Waals surface area (Å²) in [5, 5.41) is 6.66. The highest BCUT2D eigenvalue weighted by Gasteiger charge is 2.09. The summed E-state index contributed by atoms with van der Waals surface area (Å²) in [6.07, 6.45) is 0. The van der Waals surface area contributed by atoms with Gasteiger partial charge in [-0.1, -0.05) is 13.8 Å². The minimum atomic E-state index is -0.547. The van der Waals surface area contributed by atoms with Crippen molar-refractivity contribution in [3.8, 4) is 0 Å². The van der Waals surface area contributed by atoms with Crippen molar-refractivity contribution in [3.05, 3.63) is 0 Å². The van der Waals surface area contributed by atoms with Gasteiger partial charge in [-0.15, -0.1) is 0 Å². The van der Waals surface area contributed by atoms with E-state index in [1.807, 2.05) is 13.8 Å². The Balaban J connectivity index is 3.61. The molecule has 0 spiro atoms. The van der Waals surface area contributed by atoms with E-state index >= 15 is 0 Å².